The molecule has 0 bridgehead atoms. The van der Waals surface area contributed by atoms with E-state index >= 15 is 0 Å². The molecular formula is C26H32N4O4S. The highest BCUT2D eigenvalue weighted by Gasteiger charge is 2.17. The minimum atomic E-state index is -4.26. The van der Waals surface area contributed by atoms with Gasteiger partial charge in [-0.25, -0.2) is 13.4 Å². The number of benzene rings is 2. The lowest BCUT2D eigenvalue weighted by atomic mass is 10.0. The van der Waals surface area contributed by atoms with Crippen molar-refractivity contribution in [3.05, 3.63) is 66.9 Å². The molecule has 186 valence electrons. The monoisotopic (exact) mass is 509 g/mol. The van der Waals surface area contributed by atoms with Gasteiger partial charge in [0.2, 0.25) is 10.0 Å². The number of nitrogens with one attached hydrogen (secondary N) is 1. The summed E-state index contributed by atoms with van der Waals surface area (Å²) in [5.41, 5.74) is 1.36. The van der Waals surface area contributed by atoms with Crippen LogP contribution in [0.2, 0.25) is 0 Å². The van der Waals surface area contributed by atoms with Crippen LogP contribution in [0.15, 0.2) is 66.9 Å². The molecule has 0 saturated carbocycles. The quantitative estimate of drug-likeness (QED) is 0.395. The maximum atomic E-state index is 12.1. The Morgan fingerprint density at radius 2 is 1.71 bits per heavy atom. The molecule has 3 rings (SSSR count). The number of hydrogen-bond donors (Lipinski definition) is 1. The number of hydrogen-bond acceptors (Lipinski definition) is 7. The van der Waals surface area contributed by atoms with Crippen molar-refractivity contribution in [2.24, 2.45) is 0 Å². The first-order chi connectivity index (χ1) is 21.7. The summed E-state index contributed by atoms with van der Waals surface area (Å²) in [6.07, 6.45) is -5.19. The average Bonchev–Trinajstić information content (AvgIpc) is 2.97. The summed E-state index contributed by atoms with van der Waals surface area (Å²) in [5, 5.41) is 0. The van der Waals surface area contributed by atoms with Gasteiger partial charge in [0, 0.05) is 44.0 Å². The maximum absolute atomic E-state index is 12.1. The van der Waals surface area contributed by atoms with Crippen molar-refractivity contribution in [3.63, 3.8) is 0 Å². The molecule has 2 aromatic carbocycles. The average molecular weight is 510 g/mol. The molecule has 1 N–H and O–H groups in total. The SMILES string of the molecule is [2H]C([2H])(OCC([2H])([2H])C([2H])([2H])CN(c1cnc(-c2ccccc2)c(-c2ccccc2)n1)C([2H])(C([2H])([2H])[2H])C([2H])([2H])[2H])C(=O)NS(C)(=O)=O. The van der Waals surface area contributed by atoms with Gasteiger partial charge in [0.15, 0.2) is 0 Å². The van der Waals surface area contributed by atoms with E-state index in [0.717, 1.165) is 6.20 Å². The maximum Gasteiger partial charge on any atom is 0.259 e. The number of rotatable bonds is 12. The third-order valence-electron chi connectivity index (χ3n) is 4.35. The Labute approximate surface area is 225 Å². The predicted octanol–water partition coefficient (Wildman–Crippen LogP) is 3.90. The minimum Gasteiger partial charge on any atom is -0.372 e. The summed E-state index contributed by atoms with van der Waals surface area (Å²) in [7, 11) is -4.26. The van der Waals surface area contributed by atoms with Crippen LogP contribution in [0, 0.1) is 0 Å². The van der Waals surface area contributed by atoms with Gasteiger partial charge in [0.25, 0.3) is 5.91 Å². The van der Waals surface area contributed by atoms with Crippen LogP contribution in [-0.2, 0) is 19.6 Å². The van der Waals surface area contributed by atoms with Crippen LogP contribution in [0.3, 0.4) is 0 Å². The van der Waals surface area contributed by atoms with E-state index in [0.29, 0.717) is 17.4 Å². The number of anilines is 1. The van der Waals surface area contributed by atoms with E-state index in [2.05, 4.69) is 14.7 Å². The van der Waals surface area contributed by atoms with Crippen molar-refractivity contribution >= 4 is 21.7 Å². The third kappa shape index (κ3) is 8.15. The predicted molar refractivity (Wildman–Crippen MR) is 138 cm³/mol. The molecule has 9 heteroatoms. The fraction of sp³-hybridized carbons (Fsp3) is 0.346. The summed E-state index contributed by atoms with van der Waals surface area (Å²) < 4.78 is 135. The summed E-state index contributed by atoms with van der Waals surface area (Å²) in [6, 6.07) is 13.3. The van der Waals surface area contributed by atoms with Crippen LogP contribution < -0.4 is 9.62 Å². The van der Waals surface area contributed by atoms with Crippen molar-refractivity contribution < 1.29 is 35.8 Å². The second kappa shape index (κ2) is 12.4. The number of amides is 1. The van der Waals surface area contributed by atoms with E-state index in [-0.39, 0.29) is 16.3 Å². The van der Waals surface area contributed by atoms with Crippen molar-refractivity contribution in [2.45, 2.75) is 32.5 Å². The third-order valence-corrected chi connectivity index (χ3v) is 4.91. The molecule has 1 amide bonds. The van der Waals surface area contributed by atoms with Crippen molar-refractivity contribution in [2.75, 3.05) is 30.9 Å². The molecule has 0 aliphatic carbocycles. The Bertz CT molecular complexity index is 1690. The molecule has 0 saturated heterocycles. The number of carbonyl (C=O) groups is 1. The van der Waals surface area contributed by atoms with Crippen molar-refractivity contribution in [1.82, 2.24) is 14.7 Å². The largest absolute Gasteiger partial charge is 0.372 e. The zero-order chi connectivity index (χ0) is 36.6. The topological polar surface area (TPSA) is 101 Å². The van der Waals surface area contributed by atoms with Crippen LogP contribution >= 0.6 is 0 Å². The van der Waals surface area contributed by atoms with Gasteiger partial charge >= 0.3 is 0 Å². The molecule has 1 heterocycles. The Balaban J connectivity index is 2.19. The summed E-state index contributed by atoms with van der Waals surface area (Å²) >= 11 is 0. The highest BCUT2D eigenvalue weighted by molar-refractivity contribution is 7.89. The standard InChI is InChI=1S/C26H32N4O4S/c1-20(2)30(16-10-11-17-34-19-24(31)29-35(3,32)33)23-18-27-25(21-12-6-4-7-13-21)26(28-23)22-14-8-5-9-15-22/h4-9,12-15,18,20H,10-11,16-17,19H2,1-3H3,(H,29,31)/i1D3,2D3,10D2,11D2,19D2,20D. The minimum absolute atomic E-state index is 0.0970. The zero-order valence-corrected chi connectivity index (χ0v) is 19.5. The van der Waals surface area contributed by atoms with Gasteiger partial charge < -0.3 is 9.64 Å². The van der Waals surface area contributed by atoms with Crippen LogP contribution in [0.1, 0.15) is 44.3 Å². The normalized spacial score (nSPS) is 19.2. The highest BCUT2D eigenvalue weighted by atomic mass is 32.2. The van der Waals surface area contributed by atoms with E-state index in [1.54, 1.807) is 60.7 Å². The molecule has 0 atom stereocenters. The molecule has 35 heavy (non-hydrogen) atoms. The molecular weight excluding hydrogens is 464 g/mol. The number of ether oxygens (including phenoxy) is 1. The highest BCUT2D eigenvalue weighted by Crippen LogP contribution is 2.30. The van der Waals surface area contributed by atoms with Gasteiger partial charge in [-0.05, 0) is 26.4 Å². The second-order valence-corrected chi connectivity index (χ2v) is 8.79. The lowest BCUT2D eigenvalue weighted by molar-refractivity contribution is -0.123. The van der Waals surface area contributed by atoms with E-state index in [1.165, 1.54) is 4.72 Å². The van der Waals surface area contributed by atoms with Gasteiger partial charge in [-0.2, -0.15) is 0 Å². The fourth-order valence-electron chi connectivity index (χ4n) is 2.90. The zero-order valence-electron chi connectivity index (χ0n) is 31.6. The summed E-state index contributed by atoms with van der Waals surface area (Å²) in [4.78, 5) is 21.2. The van der Waals surface area contributed by atoms with E-state index in [1.807, 2.05) is 0 Å². The summed E-state index contributed by atoms with van der Waals surface area (Å²) in [5.74, 6) is -2.44. The summed E-state index contributed by atoms with van der Waals surface area (Å²) in [6.45, 7) is -13.9. The van der Waals surface area contributed by atoms with Crippen LogP contribution in [0.4, 0.5) is 5.82 Å². The Morgan fingerprint density at radius 1 is 1.09 bits per heavy atom. The van der Waals surface area contributed by atoms with Gasteiger partial charge in [0.1, 0.15) is 12.4 Å². The molecule has 8 nitrogen and oxygen atoms in total. The molecule has 3 aromatic rings. The Morgan fingerprint density at radius 3 is 2.31 bits per heavy atom. The van der Waals surface area contributed by atoms with Gasteiger partial charge in [-0.1, -0.05) is 60.7 Å². The van der Waals surface area contributed by atoms with E-state index in [4.69, 9.17) is 17.8 Å². The van der Waals surface area contributed by atoms with Crippen LogP contribution in [0.5, 0.6) is 0 Å². The fourth-order valence-corrected chi connectivity index (χ4v) is 3.28. The van der Waals surface area contributed by atoms with Crippen LogP contribution in [-0.4, -0.2) is 56.3 Å². The van der Waals surface area contributed by atoms with Crippen molar-refractivity contribution in [3.8, 4) is 22.5 Å². The number of aromatic nitrogens is 2. The molecule has 0 radical (unpaired) electrons. The lowest BCUT2D eigenvalue weighted by Crippen LogP contribution is -2.33. The molecule has 0 aliphatic rings. The molecule has 0 fully saturated rings. The Kier molecular flexibility index (Phi) is 4.86. The van der Waals surface area contributed by atoms with Crippen LogP contribution in [0.25, 0.3) is 22.5 Å². The number of nitrogens with zero attached hydrogens (tertiary/aromatic N) is 3. The molecule has 0 unspecified atom stereocenters. The smallest absolute Gasteiger partial charge is 0.259 e. The van der Waals surface area contributed by atoms with Gasteiger partial charge in [-0.15, -0.1) is 0 Å². The van der Waals surface area contributed by atoms with Gasteiger partial charge in [-0.3, -0.25) is 14.5 Å². The molecule has 0 spiro atoms. The van der Waals surface area contributed by atoms with Crippen molar-refractivity contribution in [1.29, 1.82) is 0 Å². The first-order valence-electron chi connectivity index (χ1n) is 16.7. The first kappa shape index (κ1) is 13.7. The second-order valence-electron chi connectivity index (χ2n) is 7.04. The number of carbonyl (C=O) groups excluding carboxylic acids is 1. The lowest BCUT2D eigenvalue weighted by Gasteiger charge is -2.28. The van der Waals surface area contributed by atoms with E-state index in [9.17, 15) is 13.2 Å². The van der Waals surface area contributed by atoms with E-state index < -0.39 is 73.9 Å². The molecule has 0 aliphatic heterocycles. The first-order valence-corrected chi connectivity index (χ1v) is 12.0. The molecule has 1 aromatic heterocycles. The Hall–Kier alpha value is -3.30. The number of sulfonamides is 1. The van der Waals surface area contributed by atoms with Gasteiger partial charge in [0.05, 0.1) is 28.0 Å².